The molecule has 1 amide bonds. The number of aromatic amines is 1. The Balaban J connectivity index is 0.974. The molecule has 364 valence electrons. The van der Waals surface area contributed by atoms with Crippen molar-refractivity contribution in [3.05, 3.63) is 78.7 Å². The summed E-state index contributed by atoms with van der Waals surface area (Å²) in [5, 5.41) is 4.48. The molecule has 67 heavy (non-hydrogen) atoms. The van der Waals surface area contributed by atoms with Crippen LogP contribution >= 0.6 is 23.5 Å². The van der Waals surface area contributed by atoms with E-state index in [-0.39, 0.29) is 37.3 Å². The number of hydrogen-bond acceptors (Lipinski definition) is 15. The lowest BCUT2D eigenvalue weighted by molar-refractivity contribution is -0.120. The van der Waals surface area contributed by atoms with Crippen molar-refractivity contribution < 1.29 is 73.7 Å². The molecule has 7 N–H and O–H groups in total. The fourth-order valence-corrected chi connectivity index (χ4v) is 12.6. The van der Waals surface area contributed by atoms with Crippen LogP contribution in [0.25, 0.3) is 0 Å². The smallest absolute Gasteiger partial charge is 0.452 e. The van der Waals surface area contributed by atoms with E-state index in [9.17, 15) is 50.8 Å². The van der Waals surface area contributed by atoms with E-state index in [0.717, 1.165) is 42.1 Å². The first kappa shape index (κ1) is 50.5. The van der Waals surface area contributed by atoms with Crippen LogP contribution in [0.3, 0.4) is 0 Å². The van der Waals surface area contributed by atoms with Crippen molar-refractivity contribution in [2.45, 2.75) is 89.5 Å². The molecule has 28 heteroatoms. The summed E-state index contributed by atoms with van der Waals surface area (Å²) in [6.07, 6.45) is 2.17. The van der Waals surface area contributed by atoms with E-state index >= 15 is 0 Å². The number of carbonyl (C=O) groups excluding carboxylic acids is 1. The molecule has 3 unspecified atom stereocenters. The van der Waals surface area contributed by atoms with Gasteiger partial charge in [0.15, 0.2) is 11.5 Å². The van der Waals surface area contributed by atoms with E-state index in [1.54, 1.807) is 0 Å². The number of fused-ring (bicyclic) bond motifs is 4. The van der Waals surface area contributed by atoms with Crippen molar-refractivity contribution in [2.24, 2.45) is 4.99 Å². The fraction of sp³-hybridized carbons (Fsp3) is 0.513. The highest BCUT2D eigenvalue weighted by molar-refractivity contribution is 7.85. The summed E-state index contributed by atoms with van der Waals surface area (Å²) in [7, 11) is -21.1. The van der Waals surface area contributed by atoms with Gasteiger partial charge in [-0.3, -0.25) is 28.2 Å². The van der Waals surface area contributed by atoms with Gasteiger partial charge in [-0.1, -0.05) is 11.8 Å². The lowest BCUT2D eigenvalue weighted by atomic mass is 9.79. The van der Waals surface area contributed by atoms with E-state index < -0.39 is 81.0 Å². The van der Waals surface area contributed by atoms with Crippen molar-refractivity contribution in [3.8, 4) is 23.3 Å². The van der Waals surface area contributed by atoms with Crippen LogP contribution in [0, 0.1) is 11.8 Å². The molecule has 0 aliphatic carbocycles. The summed E-state index contributed by atoms with van der Waals surface area (Å²) in [6, 6.07) is 7.74. The van der Waals surface area contributed by atoms with Crippen molar-refractivity contribution >= 4 is 50.9 Å². The van der Waals surface area contributed by atoms with E-state index in [2.05, 4.69) is 51.7 Å². The van der Waals surface area contributed by atoms with E-state index in [0.29, 0.717) is 53.2 Å². The Bertz CT molecular complexity index is 3050. The van der Waals surface area contributed by atoms with Crippen molar-refractivity contribution in [3.63, 3.8) is 0 Å². The van der Waals surface area contributed by atoms with Crippen LogP contribution in [0.15, 0.2) is 45.0 Å². The number of ether oxygens (including phenoxy) is 2. The first-order valence-corrected chi connectivity index (χ1v) is 27.2. The summed E-state index contributed by atoms with van der Waals surface area (Å²) in [4.78, 5) is 83.8. The first-order valence-electron chi connectivity index (χ1n) is 21.1. The average Bonchev–Trinajstić information content (AvgIpc) is 3.68. The van der Waals surface area contributed by atoms with Crippen LogP contribution in [0.1, 0.15) is 88.1 Å². The van der Waals surface area contributed by atoms with Gasteiger partial charge in [0.05, 0.1) is 31.1 Å². The number of benzene rings is 2. The zero-order chi connectivity index (χ0) is 48.7. The number of nitrogens with zero attached hydrogens (tertiary/aromatic N) is 4. The molecule has 1 saturated heterocycles. The minimum Gasteiger partial charge on any atom is -0.452 e. The molecule has 5 atom stereocenters. The third-order valence-corrected chi connectivity index (χ3v) is 16.2. The number of aryl methyl sites for hydroxylation is 1. The van der Waals surface area contributed by atoms with Gasteiger partial charge in [0.25, 0.3) is 15.7 Å². The van der Waals surface area contributed by atoms with E-state index in [1.807, 2.05) is 38.1 Å². The summed E-state index contributed by atoms with van der Waals surface area (Å²) in [5.74, 6) is 5.03. The van der Waals surface area contributed by atoms with Gasteiger partial charge in [0, 0.05) is 54.4 Å². The molecule has 1 aromatic heterocycles. The molecule has 0 bridgehead atoms. The number of hydrogen-bond donors (Lipinski definition) is 7. The highest BCUT2D eigenvalue weighted by Gasteiger charge is 2.43. The standard InChI is InChI=1S/C39H49N6O18P3S/c1-4-43-14-6-9-24-16-29-33(18-31(24)43)61-34-19-32-28(17-30(34)41-29)26(23-67(56,57)58)20-39(2,3)45(32)15-7-10-35(46)40-13-5-8-25-21-44(38(48)42-37(25)47)36-12-11-27(60-36)22-59-65(52,53)63-66(54,55)62-64(49,50)51/h16-19,21,26-27,36H,4,6-7,9-15,20,22-23H2,1-3H3,(H6-,40,42,46,47,48,49,50,51,52,53,54,55,56,57,58)/p+1/t26?,27-,36+/m0/s1. The Morgan fingerprint density at radius 3 is 2.55 bits per heavy atom. The predicted molar refractivity (Wildman–Crippen MR) is 237 cm³/mol. The summed E-state index contributed by atoms with van der Waals surface area (Å²) in [5.41, 5.74) is 0.669. The van der Waals surface area contributed by atoms with Crippen LogP contribution in [-0.2, 0) is 52.9 Å². The van der Waals surface area contributed by atoms with Gasteiger partial charge in [-0.25, -0.2) is 28.1 Å². The topological polar surface area (TPSA) is 335 Å². The SMILES string of the molecule is CC[N+]1=c2cc3c(cc2CCC1)=Nc1cc2c(cc1O3)N(CCCC(=O)NCC#Cc1cn([C@H]3CC[C@@H](COP(=O)(O)OP(=O)(O)OP(=O)(O)O)O3)c(=O)[nH]c1=O)C(C)(C)CC2CS(=O)(=O)O. The zero-order valence-corrected chi connectivity index (χ0v) is 39.9. The van der Waals surface area contributed by atoms with Gasteiger partial charge in [0.2, 0.25) is 11.3 Å². The van der Waals surface area contributed by atoms with Gasteiger partial charge in [-0.2, -0.15) is 17.0 Å². The van der Waals surface area contributed by atoms with Crippen molar-refractivity contribution in [1.29, 1.82) is 0 Å². The Morgan fingerprint density at radius 2 is 1.84 bits per heavy atom. The Hall–Kier alpha value is -4.37. The zero-order valence-electron chi connectivity index (χ0n) is 36.4. The minimum absolute atomic E-state index is 0.0783. The Morgan fingerprint density at radius 1 is 1.07 bits per heavy atom. The number of anilines is 1. The molecule has 24 nitrogen and oxygen atoms in total. The molecule has 3 aromatic rings. The van der Waals surface area contributed by atoms with Crippen LogP contribution < -0.4 is 41.5 Å². The number of nitrogens with one attached hydrogen (secondary N) is 2. The Kier molecular flexibility index (Phi) is 14.7. The van der Waals surface area contributed by atoms with Crippen LogP contribution in [0.4, 0.5) is 11.4 Å². The van der Waals surface area contributed by atoms with Gasteiger partial charge in [-0.15, -0.1) is 0 Å². The minimum atomic E-state index is -5.72. The molecule has 5 heterocycles. The predicted octanol–water partition coefficient (Wildman–Crippen LogP) is 1.98. The number of aromatic nitrogens is 2. The summed E-state index contributed by atoms with van der Waals surface area (Å²) in [6.45, 7) is 7.34. The van der Waals surface area contributed by atoms with Crippen LogP contribution in [0.2, 0.25) is 0 Å². The van der Waals surface area contributed by atoms with Crippen LogP contribution in [-0.4, -0.2) is 98.2 Å². The number of phosphoric ester groups is 1. The van der Waals surface area contributed by atoms with E-state index in [4.69, 9.17) is 24.3 Å². The maximum Gasteiger partial charge on any atom is 0.490 e. The fourth-order valence-electron chi connectivity index (χ4n) is 8.75. The number of phosphoric acid groups is 3. The molecule has 1 fully saturated rings. The average molecular weight is 1020 g/mol. The highest BCUT2D eigenvalue weighted by atomic mass is 32.2. The second-order valence-electron chi connectivity index (χ2n) is 16.9. The molecule has 7 rings (SSSR count). The first-order chi connectivity index (χ1) is 31.3. The summed E-state index contributed by atoms with van der Waals surface area (Å²) < 4.78 is 96.4. The second kappa shape index (κ2) is 19.6. The molecule has 0 spiro atoms. The molecule has 2 aromatic carbocycles. The van der Waals surface area contributed by atoms with Gasteiger partial charge >= 0.3 is 29.2 Å². The molecule has 0 radical (unpaired) electrons. The molecular formula is C39H50N6O18P3S+. The molecular weight excluding hydrogens is 965 g/mol. The number of rotatable bonds is 16. The Labute approximate surface area is 382 Å². The van der Waals surface area contributed by atoms with Gasteiger partial charge < -0.3 is 39.3 Å². The summed E-state index contributed by atoms with van der Waals surface area (Å²) >= 11 is 0. The van der Waals surface area contributed by atoms with Crippen LogP contribution in [0.5, 0.6) is 11.5 Å². The second-order valence-corrected chi connectivity index (χ2v) is 22.8. The third-order valence-electron chi connectivity index (χ3n) is 11.5. The number of carbonyl (C=O) groups is 1. The maximum atomic E-state index is 13.0. The molecule has 4 aliphatic heterocycles. The highest BCUT2D eigenvalue weighted by Crippen LogP contribution is 2.66. The maximum absolute atomic E-state index is 13.0. The van der Waals surface area contributed by atoms with Crippen molar-refractivity contribution in [2.75, 3.05) is 43.4 Å². The third kappa shape index (κ3) is 12.6. The van der Waals surface area contributed by atoms with Crippen molar-refractivity contribution in [1.82, 2.24) is 19.4 Å². The molecule has 4 aliphatic rings. The normalized spacial score (nSPS) is 21.5. The monoisotopic (exact) mass is 1020 g/mol. The number of amides is 1. The molecule has 0 saturated carbocycles. The lowest BCUT2D eigenvalue weighted by Crippen LogP contribution is -2.50. The van der Waals surface area contributed by atoms with E-state index in [1.165, 1.54) is 5.56 Å². The van der Waals surface area contributed by atoms with Gasteiger partial charge in [0.1, 0.15) is 35.9 Å². The largest absolute Gasteiger partial charge is 0.490 e. The quantitative estimate of drug-likeness (QED) is 0.0365. The van der Waals surface area contributed by atoms with Gasteiger partial charge in [-0.05, 0) is 70.6 Å². The lowest BCUT2D eigenvalue weighted by Gasteiger charge is -2.48. The number of H-pyrrole nitrogens is 1.